The molecule has 0 spiro atoms. The summed E-state index contributed by atoms with van der Waals surface area (Å²) < 4.78 is 5.47. The predicted octanol–water partition coefficient (Wildman–Crippen LogP) is 3.16. The molecule has 0 saturated carbocycles. The van der Waals surface area contributed by atoms with E-state index in [1.165, 1.54) is 0 Å². The Labute approximate surface area is 200 Å². The molecular weight excluding hydrogens is 430 g/mol. The Kier molecular flexibility index (Phi) is 6.32. The molecule has 2 aromatic carbocycles. The van der Waals surface area contributed by atoms with Crippen LogP contribution in [0.2, 0.25) is 0 Å². The van der Waals surface area contributed by atoms with Crippen LogP contribution in [0.1, 0.15) is 41.2 Å². The SMILES string of the molecule is CN(C)C(=O)c1cccc(-c2ccc3c(c2)[C@@H]2[C@@H](CCN2C(=O)C2CCOCC2)[C@@H](CO)N3)c1. The lowest BCUT2D eigenvalue weighted by Gasteiger charge is -2.40. The third-order valence-electron chi connectivity index (χ3n) is 7.57. The number of carbonyl (C=O) groups is 2. The average Bonchev–Trinajstić information content (AvgIpc) is 3.33. The fourth-order valence-corrected chi connectivity index (χ4v) is 5.76. The molecular formula is C27H33N3O4. The van der Waals surface area contributed by atoms with Crippen molar-refractivity contribution in [3.05, 3.63) is 53.6 Å². The highest BCUT2D eigenvalue weighted by molar-refractivity contribution is 5.95. The monoisotopic (exact) mass is 463 g/mol. The molecule has 0 unspecified atom stereocenters. The zero-order valence-corrected chi connectivity index (χ0v) is 19.9. The second kappa shape index (κ2) is 9.39. The van der Waals surface area contributed by atoms with Crippen molar-refractivity contribution in [3.63, 3.8) is 0 Å². The maximum Gasteiger partial charge on any atom is 0.253 e. The molecule has 2 fully saturated rings. The van der Waals surface area contributed by atoms with Crippen molar-refractivity contribution in [1.82, 2.24) is 9.80 Å². The minimum Gasteiger partial charge on any atom is -0.394 e. The number of amides is 2. The fraction of sp³-hybridized carbons (Fsp3) is 0.481. The molecule has 0 bridgehead atoms. The summed E-state index contributed by atoms with van der Waals surface area (Å²) >= 11 is 0. The van der Waals surface area contributed by atoms with Crippen molar-refractivity contribution in [3.8, 4) is 11.1 Å². The van der Waals surface area contributed by atoms with Gasteiger partial charge < -0.3 is 25.0 Å². The van der Waals surface area contributed by atoms with Gasteiger partial charge >= 0.3 is 0 Å². The van der Waals surface area contributed by atoms with Gasteiger partial charge in [-0.3, -0.25) is 9.59 Å². The molecule has 180 valence electrons. The van der Waals surface area contributed by atoms with E-state index < -0.39 is 0 Å². The molecule has 34 heavy (non-hydrogen) atoms. The molecule has 2 aromatic rings. The maximum atomic E-state index is 13.5. The first-order valence-corrected chi connectivity index (χ1v) is 12.2. The van der Waals surface area contributed by atoms with Crippen LogP contribution in [0.4, 0.5) is 5.69 Å². The Hall–Kier alpha value is -2.90. The van der Waals surface area contributed by atoms with Gasteiger partial charge in [-0.15, -0.1) is 0 Å². The molecule has 3 atom stereocenters. The smallest absolute Gasteiger partial charge is 0.253 e. The Morgan fingerprint density at radius 2 is 1.85 bits per heavy atom. The van der Waals surface area contributed by atoms with E-state index in [0.717, 1.165) is 41.6 Å². The molecule has 3 heterocycles. The van der Waals surface area contributed by atoms with Gasteiger partial charge in [-0.2, -0.15) is 0 Å². The number of aliphatic hydroxyl groups is 1. The van der Waals surface area contributed by atoms with Gasteiger partial charge in [-0.25, -0.2) is 0 Å². The van der Waals surface area contributed by atoms with Crippen LogP contribution < -0.4 is 5.32 Å². The lowest BCUT2D eigenvalue weighted by atomic mass is 9.81. The summed E-state index contributed by atoms with van der Waals surface area (Å²) in [5.74, 6) is 0.356. The van der Waals surface area contributed by atoms with Crippen molar-refractivity contribution >= 4 is 17.5 Å². The number of hydrogen-bond donors (Lipinski definition) is 2. The van der Waals surface area contributed by atoms with Crippen molar-refractivity contribution in [2.24, 2.45) is 11.8 Å². The Morgan fingerprint density at radius 1 is 1.09 bits per heavy atom. The van der Waals surface area contributed by atoms with E-state index >= 15 is 0 Å². The second-order valence-electron chi connectivity index (χ2n) is 9.83. The minimum absolute atomic E-state index is 0.00956. The molecule has 7 heteroatoms. The van der Waals surface area contributed by atoms with Gasteiger partial charge in [0.15, 0.2) is 0 Å². The van der Waals surface area contributed by atoms with E-state index in [2.05, 4.69) is 16.3 Å². The molecule has 0 aliphatic carbocycles. The number of nitrogens with one attached hydrogen (secondary N) is 1. The van der Waals surface area contributed by atoms with E-state index in [1.807, 2.05) is 36.4 Å². The number of anilines is 1. The molecule has 3 aliphatic rings. The molecule has 5 rings (SSSR count). The van der Waals surface area contributed by atoms with Crippen molar-refractivity contribution in [2.75, 3.05) is 45.8 Å². The van der Waals surface area contributed by atoms with Gasteiger partial charge in [0.05, 0.1) is 18.7 Å². The molecule has 3 aliphatic heterocycles. The zero-order chi connectivity index (χ0) is 23.8. The van der Waals surface area contributed by atoms with Crippen molar-refractivity contribution in [2.45, 2.75) is 31.3 Å². The third-order valence-corrected chi connectivity index (χ3v) is 7.57. The number of aliphatic hydroxyl groups excluding tert-OH is 1. The first kappa shape index (κ1) is 22.9. The highest BCUT2D eigenvalue weighted by Gasteiger charge is 2.46. The number of ether oxygens (including phenoxy) is 1. The number of hydrogen-bond acceptors (Lipinski definition) is 5. The van der Waals surface area contributed by atoms with E-state index in [9.17, 15) is 14.7 Å². The van der Waals surface area contributed by atoms with Gasteiger partial charge in [0.25, 0.3) is 5.91 Å². The van der Waals surface area contributed by atoms with Gasteiger partial charge in [0.2, 0.25) is 5.91 Å². The van der Waals surface area contributed by atoms with Gasteiger partial charge in [0.1, 0.15) is 0 Å². The summed E-state index contributed by atoms with van der Waals surface area (Å²) in [7, 11) is 3.50. The predicted molar refractivity (Wildman–Crippen MR) is 130 cm³/mol. The van der Waals surface area contributed by atoms with Crippen LogP contribution in [0.15, 0.2) is 42.5 Å². The fourth-order valence-electron chi connectivity index (χ4n) is 5.76. The van der Waals surface area contributed by atoms with Crippen molar-refractivity contribution in [1.29, 1.82) is 0 Å². The van der Waals surface area contributed by atoms with Crippen LogP contribution in [0.5, 0.6) is 0 Å². The summed E-state index contributed by atoms with van der Waals surface area (Å²) in [4.78, 5) is 29.7. The summed E-state index contributed by atoms with van der Waals surface area (Å²) in [6.07, 6.45) is 2.41. The standard InChI is InChI=1S/C27H33N3O4/c1-29(2)26(32)20-5-3-4-18(14-20)19-6-7-23-22(15-19)25-21(24(16-31)28-23)8-11-30(25)27(33)17-9-12-34-13-10-17/h3-7,14-15,17,21,24-25,28,31H,8-13,16H2,1-2H3/t21-,24+,25-/m0/s1. The zero-order valence-electron chi connectivity index (χ0n) is 19.9. The van der Waals surface area contributed by atoms with E-state index in [1.54, 1.807) is 19.0 Å². The number of likely N-dealkylation sites (tertiary alicyclic amines) is 1. The number of nitrogens with zero attached hydrogens (tertiary/aromatic N) is 2. The van der Waals surface area contributed by atoms with Crippen LogP contribution in [-0.4, -0.2) is 73.2 Å². The highest BCUT2D eigenvalue weighted by Crippen LogP contribution is 2.48. The van der Waals surface area contributed by atoms with Crippen molar-refractivity contribution < 1.29 is 19.4 Å². The van der Waals surface area contributed by atoms with Crippen LogP contribution >= 0.6 is 0 Å². The number of fused-ring (bicyclic) bond motifs is 3. The summed E-state index contributed by atoms with van der Waals surface area (Å²) in [5.41, 5.74) is 4.69. The Balaban J connectivity index is 1.51. The van der Waals surface area contributed by atoms with Crippen LogP contribution in [-0.2, 0) is 9.53 Å². The normalized spacial score (nSPS) is 24.2. The van der Waals surface area contributed by atoms with E-state index in [-0.39, 0.29) is 42.3 Å². The highest BCUT2D eigenvalue weighted by atomic mass is 16.5. The lowest BCUT2D eigenvalue weighted by Crippen LogP contribution is -2.44. The first-order chi connectivity index (χ1) is 16.5. The average molecular weight is 464 g/mol. The Bertz CT molecular complexity index is 1080. The van der Waals surface area contributed by atoms with Crippen LogP contribution in [0.25, 0.3) is 11.1 Å². The van der Waals surface area contributed by atoms with Crippen LogP contribution in [0, 0.1) is 11.8 Å². The van der Waals surface area contributed by atoms with Gasteiger partial charge in [0, 0.05) is 56.9 Å². The number of rotatable bonds is 4. The molecule has 7 nitrogen and oxygen atoms in total. The summed E-state index contributed by atoms with van der Waals surface area (Å²) in [6, 6.07) is 13.8. The molecule has 2 amide bonds. The second-order valence-corrected chi connectivity index (χ2v) is 9.83. The van der Waals surface area contributed by atoms with E-state index in [0.29, 0.717) is 25.3 Å². The quantitative estimate of drug-likeness (QED) is 0.728. The van der Waals surface area contributed by atoms with Gasteiger partial charge in [-0.1, -0.05) is 18.2 Å². The van der Waals surface area contributed by atoms with E-state index in [4.69, 9.17) is 4.74 Å². The number of benzene rings is 2. The molecule has 2 N–H and O–H groups in total. The molecule has 0 aromatic heterocycles. The summed E-state index contributed by atoms with van der Waals surface area (Å²) in [6.45, 7) is 2.03. The lowest BCUT2D eigenvalue weighted by molar-refractivity contribution is -0.140. The van der Waals surface area contributed by atoms with Gasteiger partial charge in [-0.05, 0) is 60.2 Å². The molecule has 0 radical (unpaired) electrons. The van der Waals surface area contributed by atoms with Crippen LogP contribution in [0.3, 0.4) is 0 Å². The topological polar surface area (TPSA) is 82.1 Å². The molecule has 2 saturated heterocycles. The minimum atomic E-state index is -0.0723. The summed E-state index contributed by atoms with van der Waals surface area (Å²) in [5, 5.41) is 13.6. The largest absolute Gasteiger partial charge is 0.394 e. The maximum absolute atomic E-state index is 13.5. The third kappa shape index (κ3) is 4.07. The number of carbonyl (C=O) groups excluding carboxylic acids is 2. The first-order valence-electron chi connectivity index (χ1n) is 12.2. The Morgan fingerprint density at radius 3 is 2.59 bits per heavy atom.